The summed E-state index contributed by atoms with van der Waals surface area (Å²) in [4.78, 5) is 21.4. The highest BCUT2D eigenvalue weighted by atomic mass is 35.5. The van der Waals surface area contributed by atoms with Crippen LogP contribution in [0.3, 0.4) is 0 Å². The number of halogens is 1. The van der Waals surface area contributed by atoms with Crippen molar-refractivity contribution in [3.63, 3.8) is 0 Å². The number of esters is 1. The zero-order chi connectivity index (χ0) is 13.0. The van der Waals surface area contributed by atoms with Crippen molar-refractivity contribution < 1.29 is 14.5 Å². The molecule has 7 heteroatoms. The maximum absolute atomic E-state index is 11.5. The Labute approximate surface area is 102 Å². The molecule has 0 fully saturated rings. The summed E-state index contributed by atoms with van der Waals surface area (Å²) in [6, 6.07) is 5.24. The molecule has 0 spiro atoms. The van der Waals surface area contributed by atoms with Crippen LogP contribution in [0.4, 0.5) is 5.69 Å². The molecule has 1 rings (SSSR count). The summed E-state index contributed by atoms with van der Waals surface area (Å²) in [5.41, 5.74) is -0.408. The van der Waals surface area contributed by atoms with Gasteiger partial charge in [0, 0.05) is 6.07 Å². The van der Waals surface area contributed by atoms with Gasteiger partial charge >= 0.3 is 5.97 Å². The molecule has 1 aromatic rings. The third kappa shape index (κ3) is 3.16. The Morgan fingerprint density at radius 2 is 2.29 bits per heavy atom. The number of benzene rings is 1. The normalized spacial score (nSPS) is 11.4. The minimum Gasteiger partial charge on any atom is -0.444 e. The second kappa shape index (κ2) is 5.27. The maximum Gasteiger partial charge on any atom is 0.339 e. The number of nitriles is 1. The van der Waals surface area contributed by atoms with Gasteiger partial charge in [-0.05, 0) is 19.1 Å². The Bertz CT molecular complexity index is 510. The van der Waals surface area contributed by atoms with Crippen molar-refractivity contribution in [2.45, 2.75) is 13.0 Å². The van der Waals surface area contributed by atoms with Crippen molar-refractivity contribution in [1.82, 2.24) is 0 Å². The number of rotatable bonds is 3. The van der Waals surface area contributed by atoms with Gasteiger partial charge in [-0.2, -0.15) is 5.26 Å². The molecular formula is C10H7ClN2O4. The van der Waals surface area contributed by atoms with Crippen LogP contribution in [0.1, 0.15) is 17.3 Å². The van der Waals surface area contributed by atoms with E-state index in [4.69, 9.17) is 21.6 Å². The fourth-order valence-electron chi connectivity index (χ4n) is 1.03. The summed E-state index contributed by atoms with van der Waals surface area (Å²) in [7, 11) is 0. The van der Waals surface area contributed by atoms with Gasteiger partial charge in [0.1, 0.15) is 11.1 Å². The molecule has 88 valence electrons. The molecule has 17 heavy (non-hydrogen) atoms. The molecule has 1 atom stereocenters. The summed E-state index contributed by atoms with van der Waals surface area (Å²) in [5, 5.41) is 19.0. The monoisotopic (exact) mass is 254 g/mol. The second-order valence-electron chi connectivity index (χ2n) is 3.10. The number of ether oxygens (including phenoxy) is 1. The van der Waals surface area contributed by atoms with E-state index in [2.05, 4.69) is 0 Å². The van der Waals surface area contributed by atoms with E-state index in [-0.39, 0.29) is 16.3 Å². The first-order valence-corrected chi connectivity index (χ1v) is 4.88. The molecule has 1 aromatic carbocycles. The average molecular weight is 255 g/mol. The third-order valence-corrected chi connectivity index (χ3v) is 2.16. The molecule has 6 nitrogen and oxygen atoms in total. The number of carbonyl (C=O) groups excluding carboxylic acids is 1. The molecule has 0 saturated carbocycles. The summed E-state index contributed by atoms with van der Waals surface area (Å²) in [6.07, 6.45) is -0.919. The maximum atomic E-state index is 11.5. The van der Waals surface area contributed by atoms with Crippen LogP contribution < -0.4 is 0 Å². The van der Waals surface area contributed by atoms with Gasteiger partial charge in [0.05, 0.1) is 10.5 Å². The molecule has 0 N–H and O–H groups in total. The second-order valence-corrected chi connectivity index (χ2v) is 3.51. The van der Waals surface area contributed by atoms with Gasteiger partial charge in [0.15, 0.2) is 6.10 Å². The van der Waals surface area contributed by atoms with Crippen molar-refractivity contribution in [2.75, 3.05) is 0 Å². The number of nitrogens with zero attached hydrogens (tertiary/aromatic N) is 2. The Morgan fingerprint density at radius 1 is 1.65 bits per heavy atom. The number of nitro benzene ring substituents is 1. The van der Waals surface area contributed by atoms with Crippen LogP contribution in [0.2, 0.25) is 5.02 Å². The highest BCUT2D eigenvalue weighted by Crippen LogP contribution is 2.25. The lowest BCUT2D eigenvalue weighted by Gasteiger charge is -2.05. The van der Waals surface area contributed by atoms with E-state index in [1.54, 1.807) is 6.07 Å². The van der Waals surface area contributed by atoms with Gasteiger partial charge in [-0.25, -0.2) is 4.79 Å². The summed E-state index contributed by atoms with van der Waals surface area (Å²) >= 11 is 5.58. The third-order valence-electron chi connectivity index (χ3n) is 1.84. The lowest BCUT2D eigenvalue weighted by molar-refractivity contribution is -0.384. The topological polar surface area (TPSA) is 93.2 Å². The molecular weight excluding hydrogens is 248 g/mol. The predicted molar refractivity (Wildman–Crippen MR) is 58.6 cm³/mol. The Morgan fingerprint density at radius 3 is 2.82 bits per heavy atom. The average Bonchev–Trinajstić information content (AvgIpc) is 2.28. The summed E-state index contributed by atoms with van der Waals surface area (Å²) in [5.74, 6) is -0.807. The smallest absolute Gasteiger partial charge is 0.339 e. The zero-order valence-electron chi connectivity index (χ0n) is 8.71. The Balaban J connectivity index is 3.01. The molecule has 0 aliphatic carbocycles. The van der Waals surface area contributed by atoms with E-state index in [1.165, 1.54) is 19.1 Å². The minimum absolute atomic E-state index is 0.0248. The first-order chi connectivity index (χ1) is 7.95. The van der Waals surface area contributed by atoms with E-state index < -0.39 is 17.0 Å². The first kappa shape index (κ1) is 12.9. The van der Waals surface area contributed by atoms with Crippen LogP contribution in [-0.4, -0.2) is 17.0 Å². The largest absolute Gasteiger partial charge is 0.444 e. The lowest BCUT2D eigenvalue weighted by atomic mass is 10.2. The van der Waals surface area contributed by atoms with Crippen molar-refractivity contribution in [3.05, 3.63) is 38.9 Å². The van der Waals surface area contributed by atoms with Crippen molar-refractivity contribution in [2.24, 2.45) is 0 Å². The van der Waals surface area contributed by atoms with Gasteiger partial charge < -0.3 is 4.74 Å². The fraction of sp³-hybridized carbons (Fsp3) is 0.200. The van der Waals surface area contributed by atoms with Gasteiger partial charge in [-0.3, -0.25) is 10.1 Å². The van der Waals surface area contributed by atoms with Gasteiger partial charge in [-0.15, -0.1) is 0 Å². The van der Waals surface area contributed by atoms with Crippen LogP contribution in [0.25, 0.3) is 0 Å². The standard InChI is InChI=1S/C10H7ClN2O4/c1-6(5-12)17-10(14)7-2-3-8(11)9(4-7)13(15)16/h2-4,6H,1H3/t6-/m0/s1. The van der Waals surface area contributed by atoms with Gasteiger partial charge in [0.2, 0.25) is 0 Å². The van der Waals surface area contributed by atoms with E-state index in [0.717, 1.165) is 6.07 Å². The molecule has 0 bridgehead atoms. The molecule has 0 aliphatic rings. The highest BCUT2D eigenvalue weighted by molar-refractivity contribution is 6.32. The van der Waals surface area contributed by atoms with Crippen molar-refractivity contribution in [3.8, 4) is 6.07 Å². The van der Waals surface area contributed by atoms with Crippen LogP contribution in [-0.2, 0) is 4.74 Å². The van der Waals surface area contributed by atoms with E-state index in [1.807, 2.05) is 0 Å². The number of hydrogen-bond acceptors (Lipinski definition) is 5. The minimum atomic E-state index is -0.919. The van der Waals surface area contributed by atoms with Gasteiger partial charge in [0.25, 0.3) is 5.69 Å². The number of carbonyl (C=O) groups is 1. The summed E-state index contributed by atoms with van der Waals surface area (Å²) < 4.78 is 4.69. The molecule has 0 heterocycles. The summed E-state index contributed by atoms with van der Waals surface area (Å²) in [6.45, 7) is 1.39. The van der Waals surface area contributed by atoms with E-state index in [9.17, 15) is 14.9 Å². The predicted octanol–water partition coefficient (Wildman–Crippen LogP) is 2.32. The SMILES string of the molecule is C[C@@H](C#N)OC(=O)c1ccc(Cl)c([N+](=O)[O-])c1. The van der Waals surface area contributed by atoms with Gasteiger partial charge in [-0.1, -0.05) is 11.6 Å². The molecule has 0 radical (unpaired) electrons. The lowest BCUT2D eigenvalue weighted by Crippen LogP contribution is -2.13. The van der Waals surface area contributed by atoms with E-state index in [0.29, 0.717) is 0 Å². The van der Waals surface area contributed by atoms with Crippen LogP contribution in [0.15, 0.2) is 18.2 Å². The molecule has 0 saturated heterocycles. The quantitative estimate of drug-likeness (QED) is 0.469. The highest BCUT2D eigenvalue weighted by Gasteiger charge is 2.18. The van der Waals surface area contributed by atoms with Crippen molar-refractivity contribution in [1.29, 1.82) is 5.26 Å². The molecule has 0 amide bonds. The van der Waals surface area contributed by atoms with E-state index >= 15 is 0 Å². The molecule has 0 aliphatic heterocycles. The molecule has 0 unspecified atom stereocenters. The fourth-order valence-corrected chi connectivity index (χ4v) is 1.22. The van der Waals surface area contributed by atoms with Crippen LogP contribution >= 0.6 is 11.6 Å². The number of nitro groups is 1. The molecule has 0 aromatic heterocycles. The first-order valence-electron chi connectivity index (χ1n) is 4.50. The zero-order valence-corrected chi connectivity index (χ0v) is 9.47. The Hall–Kier alpha value is -2.13. The number of hydrogen-bond donors (Lipinski definition) is 0. The Kier molecular flexibility index (Phi) is 4.01. The van der Waals surface area contributed by atoms with Crippen LogP contribution in [0.5, 0.6) is 0 Å². The van der Waals surface area contributed by atoms with Crippen molar-refractivity contribution >= 4 is 23.3 Å². The van der Waals surface area contributed by atoms with Crippen LogP contribution in [0, 0.1) is 21.4 Å².